The Kier molecular flexibility index (Phi) is 2.54. The van der Waals surface area contributed by atoms with E-state index in [0.29, 0.717) is 5.56 Å². The number of hydrogen-bond acceptors (Lipinski definition) is 2. The summed E-state index contributed by atoms with van der Waals surface area (Å²) in [4.78, 5) is 3.75. The molecule has 0 aliphatic rings. The van der Waals surface area contributed by atoms with E-state index in [1.165, 1.54) is 24.4 Å². The van der Waals surface area contributed by atoms with E-state index in [2.05, 4.69) is 4.98 Å². The highest BCUT2D eigenvalue weighted by atomic mass is 19.1. The predicted octanol–water partition coefficient (Wildman–Crippen LogP) is 2.28. The molecule has 0 bridgehead atoms. The van der Waals surface area contributed by atoms with E-state index < -0.39 is 0 Å². The zero-order valence-electron chi connectivity index (χ0n) is 6.58. The topological polar surface area (TPSA) is 36.7 Å². The normalized spacial score (nSPS) is 10.9. The molecule has 60 valence electrons. The van der Waals surface area contributed by atoms with E-state index in [-0.39, 0.29) is 11.5 Å². The Morgan fingerprint density at radius 3 is 2.83 bits per heavy atom. The second-order valence-corrected chi connectivity index (χ2v) is 2.18. The summed E-state index contributed by atoms with van der Waals surface area (Å²) in [5.41, 5.74) is 0.694. The summed E-state index contributed by atoms with van der Waals surface area (Å²) in [6.45, 7) is 1.59. The van der Waals surface area contributed by atoms with Crippen molar-refractivity contribution < 1.29 is 4.39 Å². The van der Waals surface area contributed by atoms with Crippen molar-refractivity contribution in [3.8, 4) is 6.07 Å². The first-order chi connectivity index (χ1) is 5.77. The minimum Gasteiger partial charge on any atom is -0.252 e. The zero-order valence-corrected chi connectivity index (χ0v) is 6.58. The molecule has 0 radical (unpaired) electrons. The van der Waals surface area contributed by atoms with Crippen molar-refractivity contribution in [1.82, 2.24) is 4.98 Å². The average Bonchev–Trinajstić information content (AvgIpc) is 2.17. The Morgan fingerprint density at radius 1 is 1.67 bits per heavy atom. The maximum absolute atomic E-state index is 12.8. The molecule has 0 saturated carbocycles. The Bertz CT molecular complexity index is 333. The lowest BCUT2D eigenvalue weighted by Crippen LogP contribution is -1.84. The molecular weight excluding hydrogens is 155 g/mol. The smallest absolute Gasteiger partial charge is 0.144 e. The van der Waals surface area contributed by atoms with Crippen LogP contribution in [0.15, 0.2) is 24.4 Å². The van der Waals surface area contributed by atoms with Crippen LogP contribution in [0.2, 0.25) is 0 Å². The summed E-state index contributed by atoms with van der Waals surface area (Å²) >= 11 is 0. The van der Waals surface area contributed by atoms with Gasteiger partial charge in [-0.05, 0) is 25.1 Å². The number of rotatable bonds is 1. The van der Waals surface area contributed by atoms with Gasteiger partial charge in [0.1, 0.15) is 11.9 Å². The summed E-state index contributed by atoms with van der Waals surface area (Å²) in [6.07, 6.45) is 2.67. The van der Waals surface area contributed by atoms with Crippen molar-refractivity contribution in [2.24, 2.45) is 0 Å². The van der Waals surface area contributed by atoms with Gasteiger partial charge in [0.15, 0.2) is 0 Å². The van der Waals surface area contributed by atoms with Crippen LogP contribution in [0.1, 0.15) is 18.2 Å². The van der Waals surface area contributed by atoms with Crippen molar-refractivity contribution in [3.05, 3.63) is 35.7 Å². The molecule has 3 heteroatoms. The number of pyridine rings is 1. The Hall–Kier alpha value is -1.69. The van der Waals surface area contributed by atoms with Gasteiger partial charge < -0.3 is 0 Å². The largest absolute Gasteiger partial charge is 0.252 e. The minimum absolute atomic E-state index is 0.261. The van der Waals surface area contributed by atoms with Gasteiger partial charge in [-0.1, -0.05) is 0 Å². The summed E-state index contributed by atoms with van der Waals surface area (Å²) in [7, 11) is 0. The molecule has 2 nitrogen and oxygen atoms in total. The molecule has 0 spiro atoms. The number of hydrogen-bond donors (Lipinski definition) is 0. The molecule has 1 aromatic rings. The fourth-order valence-corrected chi connectivity index (χ4v) is 0.749. The van der Waals surface area contributed by atoms with Gasteiger partial charge in [-0.3, -0.25) is 4.98 Å². The van der Waals surface area contributed by atoms with Gasteiger partial charge >= 0.3 is 0 Å². The molecule has 0 amide bonds. The molecule has 1 aromatic heterocycles. The van der Waals surface area contributed by atoms with Crippen LogP contribution in [-0.4, -0.2) is 4.98 Å². The van der Waals surface area contributed by atoms with Crippen LogP contribution in [0.4, 0.5) is 4.39 Å². The van der Waals surface area contributed by atoms with Crippen LogP contribution >= 0.6 is 0 Å². The molecule has 0 aliphatic heterocycles. The molecule has 0 fully saturated rings. The van der Waals surface area contributed by atoms with Crippen LogP contribution in [-0.2, 0) is 0 Å². The van der Waals surface area contributed by atoms with Gasteiger partial charge in [-0.15, -0.1) is 0 Å². The maximum Gasteiger partial charge on any atom is 0.144 e. The van der Waals surface area contributed by atoms with Gasteiger partial charge in [0.05, 0.1) is 11.3 Å². The quantitative estimate of drug-likeness (QED) is 0.635. The molecule has 0 N–H and O–H groups in total. The van der Waals surface area contributed by atoms with Gasteiger partial charge in [0.25, 0.3) is 0 Å². The molecular formula is C9H7FN2. The number of allylic oxidation sites excluding steroid dienone is 1. The first-order valence-corrected chi connectivity index (χ1v) is 3.46. The summed E-state index contributed by atoms with van der Waals surface area (Å²) in [5.74, 6) is -0.375. The molecule has 0 aromatic carbocycles. The first kappa shape index (κ1) is 8.41. The number of aromatic nitrogens is 1. The van der Waals surface area contributed by atoms with E-state index in [1.807, 2.05) is 6.07 Å². The molecule has 1 heterocycles. The van der Waals surface area contributed by atoms with Crippen molar-refractivity contribution >= 4 is 5.83 Å². The lowest BCUT2D eigenvalue weighted by Gasteiger charge is -1.94. The highest BCUT2D eigenvalue weighted by Crippen LogP contribution is 2.12. The molecule has 1 rings (SSSR count). The minimum atomic E-state index is -0.375. The van der Waals surface area contributed by atoms with Crippen molar-refractivity contribution in [1.29, 1.82) is 5.26 Å². The fourth-order valence-electron chi connectivity index (χ4n) is 0.749. The third kappa shape index (κ3) is 1.67. The maximum atomic E-state index is 12.8. The standard InChI is InChI=1S/C9H7FN2/c1-2-8(10)9-4-3-7(5-11)6-12-9/h2-4,6H,1H3/b8-2-. The number of nitriles is 1. The van der Waals surface area contributed by atoms with E-state index in [4.69, 9.17) is 5.26 Å². The van der Waals surface area contributed by atoms with Crippen LogP contribution < -0.4 is 0 Å². The molecule has 0 atom stereocenters. The van der Waals surface area contributed by atoms with E-state index in [0.717, 1.165) is 0 Å². The van der Waals surface area contributed by atoms with Gasteiger partial charge in [0.2, 0.25) is 0 Å². The Morgan fingerprint density at radius 2 is 2.42 bits per heavy atom. The fraction of sp³-hybridized carbons (Fsp3) is 0.111. The highest BCUT2D eigenvalue weighted by Gasteiger charge is 1.99. The van der Waals surface area contributed by atoms with E-state index in [1.54, 1.807) is 6.92 Å². The van der Waals surface area contributed by atoms with Gasteiger partial charge in [-0.2, -0.15) is 5.26 Å². The van der Waals surface area contributed by atoms with Crippen molar-refractivity contribution in [3.63, 3.8) is 0 Å². The molecule has 0 aliphatic carbocycles. The van der Waals surface area contributed by atoms with Gasteiger partial charge in [-0.25, -0.2) is 4.39 Å². The monoisotopic (exact) mass is 162 g/mol. The molecule has 0 unspecified atom stereocenters. The summed E-state index contributed by atoms with van der Waals surface area (Å²) < 4.78 is 12.8. The lowest BCUT2D eigenvalue weighted by atomic mass is 10.2. The van der Waals surface area contributed by atoms with Gasteiger partial charge in [0, 0.05) is 6.20 Å². The number of nitrogens with zero attached hydrogens (tertiary/aromatic N) is 2. The second kappa shape index (κ2) is 3.63. The van der Waals surface area contributed by atoms with Crippen LogP contribution in [0.25, 0.3) is 5.83 Å². The predicted molar refractivity (Wildman–Crippen MR) is 43.7 cm³/mol. The van der Waals surface area contributed by atoms with Crippen molar-refractivity contribution in [2.75, 3.05) is 0 Å². The summed E-state index contributed by atoms with van der Waals surface area (Å²) in [6, 6.07) is 4.92. The van der Waals surface area contributed by atoms with Crippen LogP contribution in [0, 0.1) is 11.3 Å². The lowest BCUT2D eigenvalue weighted by molar-refractivity contribution is 0.750. The van der Waals surface area contributed by atoms with Crippen LogP contribution in [0.5, 0.6) is 0 Å². The van der Waals surface area contributed by atoms with E-state index >= 15 is 0 Å². The molecule has 12 heavy (non-hydrogen) atoms. The second-order valence-electron chi connectivity index (χ2n) is 2.18. The average molecular weight is 162 g/mol. The Balaban J connectivity index is 3.02. The number of halogens is 1. The van der Waals surface area contributed by atoms with Crippen LogP contribution in [0.3, 0.4) is 0 Å². The van der Waals surface area contributed by atoms with E-state index in [9.17, 15) is 4.39 Å². The third-order valence-corrected chi connectivity index (χ3v) is 1.39. The summed E-state index contributed by atoms with van der Waals surface area (Å²) in [5, 5.41) is 8.43. The Labute approximate surface area is 70.0 Å². The zero-order chi connectivity index (χ0) is 8.97. The third-order valence-electron chi connectivity index (χ3n) is 1.39. The highest BCUT2D eigenvalue weighted by molar-refractivity contribution is 5.55. The van der Waals surface area contributed by atoms with Crippen molar-refractivity contribution in [2.45, 2.75) is 6.92 Å². The first-order valence-electron chi connectivity index (χ1n) is 3.46. The molecule has 0 saturated heterocycles. The SMILES string of the molecule is C/C=C(\F)c1ccc(C#N)cn1.